The number of amides is 1. The molecule has 2 N–H and O–H groups in total. The zero-order valence-corrected chi connectivity index (χ0v) is 16.3. The number of rotatable bonds is 3. The number of ether oxygens (including phenoxy) is 2. The fourth-order valence-electron chi connectivity index (χ4n) is 3.82. The zero-order valence-electron chi connectivity index (χ0n) is 16.3. The summed E-state index contributed by atoms with van der Waals surface area (Å²) in [6.45, 7) is 8.35. The third-order valence-electron chi connectivity index (χ3n) is 4.96. The number of carboxylic acid groups (broad SMARTS) is 1. The molecule has 7 nitrogen and oxygen atoms in total. The second kappa shape index (κ2) is 7.38. The van der Waals surface area contributed by atoms with Crippen molar-refractivity contribution in [1.82, 2.24) is 4.90 Å². The molecule has 3 rings (SSSR count). The van der Waals surface area contributed by atoms with Crippen LogP contribution in [0.25, 0.3) is 0 Å². The number of carbonyl (C=O) groups is 2. The molecule has 1 amide bonds. The summed E-state index contributed by atoms with van der Waals surface area (Å²) >= 11 is 0. The summed E-state index contributed by atoms with van der Waals surface area (Å²) in [5.74, 6) is -0.929. The average Bonchev–Trinajstić information content (AvgIpc) is 2.54. The van der Waals surface area contributed by atoms with Crippen LogP contribution in [0.15, 0.2) is 18.2 Å². The summed E-state index contributed by atoms with van der Waals surface area (Å²) in [7, 11) is 0. The molecule has 2 unspecified atom stereocenters. The maximum absolute atomic E-state index is 12.6. The summed E-state index contributed by atoms with van der Waals surface area (Å²) in [4.78, 5) is 25.8. The highest BCUT2D eigenvalue weighted by molar-refractivity contribution is 5.90. The van der Waals surface area contributed by atoms with Gasteiger partial charge in [-0.3, -0.25) is 4.90 Å². The minimum absolute atomic E-state index is 0.0470. The van der Waals surface area contributed by atoms with Crippen LogP contribution in [0.5, 0.6) is 0 Å². The van der Waals surface area contributed by atoms with Gasteiger partial charge in [0.05, 0.1) is 30.9 Å². The van der Waals surface area contributed by atoms with Crippen LogP contribution in [0.4, 0.5) is 10.5 Å². The van der Waals surface area contributed by atoms with E-state index in [4.69, 9.17) is 9.47 Å². The summed E-state index contributed by atoms with van der Waals surface area (Å²) in [5, 5.41) is 12.8. The number of anilines is 1. The third kappa shape index (κ3) is 4.53. The fourth-order valence-corrected chi connectivity index (χ4v) is 3.82. The molecule has 148 valence electrons. The Kier molecular flexibility index (Phi) is 5.33. The highest BCUT2D eigenvalue weighted by Gasteiger charge is 2.43. The van der Waals surface area contributed by atoms with Crippen molar-refractivity contribution in [1.29, 1.82) is 0 Å². The predicted octanol–water partition coefficient (Wildman–Crippen LogP) is 3.27. The van der Waals surface area contributed by atoms with Crippen LogP contribution in [-0.4, -0.2) is 59.0 Å². The molecule has 0 aliphatic carbocycles. The van der Waals surface area contributed by atoms with Gasteiger partial charge >= 0.3 is 12.1 Å². The lowest BCUT2D eigenvalue weighted by atomic mass is 9.90. The van der Waals surface area contributed by atoms with E-state index in [0.717, 1.165) is 24.1 Å². The molecule has 1 aromatic carbocycles. The molecule has 0 spiro atoms. The van der Waals surface area contributed by atoms with Crippen LogP contribution in [0.2, 0.25) is 0 Å². The molecule has 2 bridgehead atoms. The zero-order chi connectivity index (χ0) is 19.8. The van der Waals surface area contributed by atoms with E-state index >= 15 is 0 Å². The summed E-state index contributed by atoms with van der Waals surface area (Å²) in [5.41, 5.74) is 1.29. The minimum atomic E-state index is -0.929. The van der Waals surface area contributed by atoms with Crippen molar-refractivity contribution in [3.05, 3.63) is 29.3 Å². The SMILES string of the molecule is Cc1ccc(NC2CC3COCC(C2)N3C(=O)OC(C)(C)C)cc1C(=O)O. The van der Waals surface area contributed by atoms with Crippen molar-refractivity contribution >= 4 is 17.7 Å². The Hall–Kier alpha value is -2.28. The first kappa shape index (κ1) is 19.5. The van der Waals surface area contributed by atoms with E-state index in [0.29, 0.717) is 18.8 Å². The van der Waals surface area contributed by atoms with Crippen LogP contribution in [0.3, 0.4) is 0 Å². The summed E-state index contributed by atoms with van der Waals surface area (Å²) in [6, 6.07) is 5.43. The summed E-state index contributed by atoms with van der Waals surface area (Å²) in [6.07, 6.45) is 1.17. The number of hydrogen-bond acceptors (Lipinski definition) is 5. The molecule has 2 atom stereocenters. The Balaban J connectivity index is 1.71. The molecule has 27 heavy (non-hydrogen) atoms. The first-order chi connectivity index (χ1) is 12.6. The molecule has 0 radical (unpaired) electrons. The van der Waals surface area contributed by atoms with Gasteiger partial charge in [0.2, 0.25) is 0 Å². The topological polar surface area (TPSA) is 88.1 Å². The number of nitrogens with zero attached hydrogens (tertiary/aromatic N) is 1. The Morgan fingerprint density at radius 2 is 1.85 bits per heavy atom. The van der Waals surface area contributed by atoms with Gasteiger partial charge in [0.1, 0.15) is 5.60 Å². The van der Waals surface area contributed by atoms with Gasteiger partial charge in [-0.25, -0.2) is 9.59 Å². The minimum Gasteiger partial charge on any atom is -0.478 e. The molecule has 2 aliphatic heterocycles. The second-order valence-electron chi connectivity index (χ2n) is 8.38. The van der Waals surface area contributed by atoms with E-state index in [1.165, 1.54) is 0 Å². The van der Waals surface area contributed by atoms with E-state index < -0.39 is 11.6 Å². The number of nitrogens with one attached hydrogen (secondary N) is 1. The average molecular weight is 376 g/mol. The van der Waals surface area contributed by atoms with Crippen LogP contribution in [0.1, 0.15) is 49.5 Å². The Morgan fingerprint density at radius 1 is 1.22 bits per heavy atom. The molecule has 7 heteroatoms. The van der Waals surface area contributed by atoms with E-state index in [9.17, 15) is 14.7 Å². The first-order valence-electron chi connectivity index (χ1n) is 9.33. The lowest BCUT2D eigenvalue weighted by molar-refractivity contribution is -0.0803. The number of carbonyl (C=O) groups excluding carboxylic acids is 1. The van der Waals surface area contributed by atoms with Gasteiger partial charge in [-0.1, -0.05) is 6.07 Å². The fraction of sp³-hybridized carbons (Fsp3) is 0.600. The number of piperidine rings is 1. The Bertz CT molecular complexity index is 714. The van der Waals surface area contributed by atoms with Gasteiger partial charge in [0.15, 0.2) is 0 Å². The van der Waals surface area contributed by atoms with Crippen LogP contribution in [-0.2, 0) is 9.47 Å². The van der Waals surface area contributed by atoms with Gasteiger partial charge in [-0.15, -0.1) is 0 Å². The van der Waals surface area contributed by atoms with E-state index in [2.05, 4.69) is 5.32 Å². The van der Waals surface area contributed by atoms with Gasteiger partial charge in [0.25, 0.3) is 0 Å². The maximum Gasteiger partial charge on any atom is 0.410 e. The van der Waals surface area contributed by atoms with Crippen molar-refractivity contribution in [2.24, 2.45) is 0 Å². The lowest BCUT2D eigenvalue weighted by Gasteiger charge is -2.48. The third-order valence-corrected chi connectivity index (χ3v) is 4.96. The highest BCUT2D eigenvalue weighted by atomic mass is 16.6. The molecule has 2 saturated heterocycles. The summed E-state index contributed by atoms with van der Waals surface area (Å²) < 4.78 is 11.2. The lowest BCUT2D eigenvalue weighted by Crippen LogP contribution is -2.61. The number of aromatic carboxylic acids is 1. The molecule has 2 fully saturated rings. The number of morpholine rings is 1. The number of aryl methyl sites for hydroxylation is 1. The van der Waals surface area contributed by atoms with Crippen molar-refractivity contribution in [2.75, 3.05) is 18.5 Å². The van der Waals surface area contributed by atoms with Gasteiger partial charge in [-0.2, -0.15) is 0 Å². The van der Waals surface area contributed by atoms with E-state index in [1.807, 2.05) is 37.8 Å². The largest absolute Gasteiger partial charge is 0.478 e. The normalized spacial score (nSPS) is 25.0. The van der Waals surface area contributed by atoms with Crippen molar-refractivity contribution in [3.8, 4) is 0 Å². The van der Waals surface area contributed by atoms with Crippen molar-refractivity contribution < 1.29 is 24.2 Å². The number of hydrogen-bond donors (Lipinski definition) is 2. The molecule has 2 aliphatic rings. The molecule has 0 saturated carbocycles. The van der Waals surface area contributed by atoms with E-state index in [1.54, 1.807) is 13.0 Å². The molecule has 0 aromatic heterocycles. The Morgan fingerprint density at radius 3 is 2.41 bits per heavy atom. The van der Waals surface area contributed by atoms with Crippen LogP contribution >= 0.6 is 0 Å². The predicted molar refractivity (Wildman–Crippen MR) is 101 cm³/mol. The molecular formula is C20H28N2O5. The first-order valence-corrected chi connectivity index (χ1v) is 9.33. The standard InChI is InChI=1S/C20H28N2O5/c1-12-5-6-13(9-17(12)18(23)24)21-14-7-15-10-26-11-16(8-14)22(15)19(25)27-20(2,3)4/h5-6,9,14-16,21H,7-8,10-11H2,1-4H3,(H,23,24). The Labute approximate surface area is 159 Å². The van der Waals surface area contributed by atoms with Crippen LogP contribution < -0.4 is 5.32 Å². The second-order valence-corrected chi connectivity index (χ2v) is 8.38. The van der Waals surface area contributed by atoms with Gasteiger partial charge < -0.3 is 19.9 Å². The quantitative estimate of drug-likeness (QED) is 0.842. The smallest absolute Gasteiger partial charge is 0.410 e. The molecule has 2 heterocycles. The molecule has 1 aromatic rings. The maximum atomic E-state index is 12.6. The van der Waals surface area contributed by atoms with Gasteiger partial charge in [0, 0.05) is 11.7 Å². The molecular weight excluding hydrogens is 348 g/mol. The van der Waals surface area contributed by atoms with Crippen molar-refractivity contribution in [3.63, 3.8) is 0 Å². The van der Waals surface area contributed by atoms with Crippen LogP contribution in [0, 0.1) is 6.92 Å². The number of carboxylic acids is 1. The number of benzene rings is 1. The van der Waals surface area contributed by atoms with Gasteiger partial charge in [-0.05, 0) is 58.2 Å². The number of fused-ring (bicyclic) bond motifs is 2. The highest BCUT2D eigenvalue weighted by Crippen LogP contribution is 2.31. The monoisotopic (exact) mass is 376 g/mol. The van der Waals surface area contributed by atoms with Crippen molar-refractivity contribution in [2.45, 2.75) is 64.3 Å². The van der Waals surface area contributed by atoms with E-state index in [-0.39, 0.29) is 24.2 Å².